The molecule has 0 bridgehead atoms. The van der Waals surface area contributed by atoms with Crippen LogP contribution >= 0.6 is 0 Å². The molecular weight excluding hydrogens is 494 g/mol. The standard InChI is InChI=1S/C40H29N/c1-3-10-30(11-4-1)33-18-20-34(21-19-33)35-22-25-38(26-23-35)41(40-27-24-32-14-7-8-15-36(32)29-40)39-17-9-16-37(28-39)31-12-5-2-6-13-31/h1-29H. The second-order valence-corrected chi connectivity index (χ2v) is 10.3. The normalized spacial score (nSPS) is 10.9. The molecule has 0 aliphatic rings. The molecule has 7 aromatic rings. The number of hydrogen-bond donors (Lipinski definition) is 0. The molecule has 0 aliphatic heterocycles. The van der Waals surface area contributed by atoms with Crippen LogP contribution in [-0.4, -0.2) is 0 Å². The van der Waals surface area contributed by atoms with Gasteiger partial charge >= 0.3 is 0 Å². The van der Waals surface area contributed by atoms with E-state index in [2.05, 4.69) is 181 Å². The molecule has 0 aromatic heterocycles. The Kier molecular flexibility index (Phi) is 6.61. The lowest BCUT2D eigenvalue weighted by atomic mass is 10.00. The lowest BCUT2D eigenvalue weighted by molar-refractivity contribution is 1.29. The topological polar surface area (TPSA) is 3.24 Å². The summed E-state index contributed by atoms with van der Waals surface area (Å²) >= 11 is 0. The molecule has 0 atom stereocenters. The average molecular weight is 524 g/mol. The highest BCUT2D eigenvalue weighted by atomic mass is 15.1. The molecule has 194 valence electrons. The van der Waals surface area contributed by atoms with Crippen molar-refractivity contribution in [2.45, 2.75) is 0 Å². The SMILES string of the molecule is c1ccc(-c2ccc(-c3ccc(N(c4cccc(-c5ccccc5)c4)c4ccc5ccccc5c4)cc3)cc2)cc1. The van der Waals surface area contributed by atoms with Crippen molar-refractivity contribution in [3.63, 3.8) is 0 Å². The number of anilines is 3. The summed E-state index contributed by atoms with van der Waals surface area (Å²) < 4.78 is 0. The van der Waals surface area contributed by atoms with Crippen LogP contribution in [0.4, 0.5) is 17.1 Å². The van der Waals surface area contributed by atoms with E-state index in [0.717, 1.165) is 17.1 Å². The third-order valence-electron chi connectivity index (χ3n) is 7.65. The maximum Gasteiger partial charge on any atom is 0.0468 e. The predicted octanol–water partition coefficient (Wildman–Crippen LogP) is 11.3. The Labute approximate surface area is 241 Å². The van der Waals surface area contributed by atoms with Gasteiger partial charge in [0.1, 0.15) is 0 Å². The number of rotatable bonds is 6. The lowest BCUT2D eigenvalue weighted by Gasteiger charge is -2.26. The summed E-state index contributed by atoms with van der Waals surface area (Å²) in [7, 11) is 0. The van der Waals surface area contributed by atoms with Crippen LogP contribution in [0, 0.1) is 0 Å². The van der Waals surface area contributed by atoms with E-state index in [0.29, 0.717) is 0 Å². The molecule has 7 aromatic carbocycles. The highest BCUT2D eigenvalue weighted by molar-refractivity contribution is 5.90. The minimum absolute atomic E-state index is 1.12. The first-order valence-electron chi connectivity index (χ1n) is 14.0. The van der Waals surface area contributed by atoms with E-state index in [1.165, 1.54) is 44.2 Å². The highest BCUT2D eigenvalue weighted by Crippen LogP contribution is 2.38. The first-order chi connectivity index (χ1) is 20.3. The van der Waals surface area contributed by atoms with Gasteiger partial charge in [-0.2, -0.15) is 0 Å². The van der Waals surface area contributed by atoms with E-state index in [4.69, 9.17) is 0 Å². The lowest BCUT2D eigenvalue weighted by Crippen LogP contribution is -2.10. The molecule has 0 amide bonds. The van der Waals surface area contributed by atoms with E-state index >= 15 is 0 Å². The maximum atomic E-state index is 2.35. The van der Waals surface area contributed by atoms with Crippen molar-refractivity contribution < 1.29 is 0 Å². The first kappa shape index (κ1) is 24.6. The molecular formula is C40H29N. The fourth-order valence-corrected chi connectivity index (χ4v) is 5.51. The molecule has 0 heterocycles. The number of hydrogen-bond acceptors (Lipinski definition) is 1. The Balaban J connectivity index is 1.27. The van der Waals surface area contributed by atoms with E-state index in [-0.39, 0.29) is 0 Å². The molecule has 41 heavy (non-hydrogen) atoms. The molecule has 0 saturated heterocycles. The quantitative estimate of drug-likeness (QED) is 0.209. The number of benzene rings is 7. The molecule has 0 saturated carbocycles. The first-order valence-corrected chi connectivity index (χ1v) is 14.0. The monoisotopic (exact) mass is 523 g/mol. The van der Waals surface area contributed by atoms with Gasteiger partial charge in [0.05, 0.1) is 0 Å². The van der Waals surface area contributed by atoms with Crippen molar-refractivity contribution in [2.24, 2.45) is 0 Å². The van der Waals surface area contributed by atoms with Crippen molar-refractivity contribution in [3.05, 3.63) is 176 Å². The Morgan fingerprint density at radius 1 is 0.244 bits per heavy atom. The van der Waals surface area contributed by atoms with E-state index in [1.807, 2.05) is 0 Å². The summed E-state index contributed by atoms with van der Waals surface area (Å²) in [5, 5.41) is 2.47. The summed E-state index contributed by atoms with van der Waals surface area (Å²) in [5.74, 6) is 0. The molecule has 0 radical (unpaired) electrons. The van der Waals surface area contributed by atoms with E-state index in [1.54, 1.807) is 0 Å². The summed E-state index contributed by atoms with van der Waals surface area (Å²) in [6, 6.07) is 62.9. The average Bonchev–Trinajstić information content (AvgIpc) is 3.06. The van der Waals surface area contributed by atoms with Gasteiger partial charge in [-0.3, -0.25) is 0 Å². The maximum absolute atomic E-state index is 2.35. The number of fused-ring (bicyclic) bond motifs is 1. The van der Waals surface area contributed by atoms with Gasteiger partial charge in [-0.15, -0.1) is 0 Å². The van der Waals surface area contributed by atoms with E-state index in [9.17, 15) is 0 Å². The Hall–Kier alpha value is -5.40. The smallest absolute Gasteiger partial charge is 0.0468 e. The van der Waals surface area contributed by atoms with Gasteiger partial charge in [-0.1, -0.05) is 140 Å². The van der Waals surface area contributed by atoms with Crippen LogP contribution in [0.5, 0.6) is 0 Å². The third kappa shape index (κ3) is 5.14. The van der Waals surface area contributed by atoms with Crippen LogP contribution in [0.1, 0.15) is 0 Å². The Morgan fingerprint density at radius 2 is 0.683 bits per heavy atom. The van der Waals surface area contributed by atoms with Crippen molar-refractivity contribution >= 4 is 27.8 Å². The third-order valence-corrected chi connectivity index (χ3v) is 7.65. The molecule has 0 unspecified atom stereocenters. The van der Waals surface area contributed by atoms with E-state index < -0.39 is 0 Å². The van der Waals surface area contributed by atoms with Crippen molar-refractivity contribution in [2.75, 3.05) is 4.90 Å². The summed E-state index contributed by atoms with van der Waals surface area (Å²) in [4.78, 5) is 2.35. The van der Waals surface area contributed by atoms with Gasteiger partial charge in [0.2, 0.25) is 0 Å². The van der Waals surface area contributed by atoms with Gasteiger partial charge in [0.25, 0.3) is 0 Å². The summed E-state index contributed by atoms with van der Waals surface area (Å²) in [6.45, 7) is 0. The van der Waals surface area contributed by atoms with Crippen LogP contribution in [0.25, 0.3) is 44.2 Å². The summed E-state index contributed by atoms with van der Waals surface area (Å²) in [6.07, 6.45) is 0. The highest BCUT2D eigenvalue weighted by Gasteiger charge is 2.14. The number of nitrogens with zero attached hydrogens (tertiary/aromatic N) is 1. The Morgan fingerprint density at radius 3 is 1.32 bits per heavy atom. The molecule has 0 N–H and O–H groups in total. The van der Waals surface area contributed by atoms with Gasteiger partial charge in [-0.05, 0) is 80.6 Å². The van der Waals surface area contributed by atoms with Crippen LogP contribution in [0.3, 0.4) is 0 Å². The van der Waals surface area contributed by atoms with Crippen LogP contribution in [0.15, 0.2) is 176 Å². The van der Waals surface area contributed by atoms with Crippen molar-refractivity contribution in [1.82, 2.24) is 0 Å². The van der Waals surface area contributed by atoms with Gasteiger partial charge < -0.3 is 4.90 Å². The minimum Gasteiger partial charge on any atom is -0.310 e. The molecule has 1 nitrogen and oxygen atoms in total. The molecule has 1 heteroatoms. The van der Waals surface area contributed by atoms with Crippen molar-refractivity contribution in [1.29, 1.82) is 0 Å². The zero-order chi connectivity index (χ0) is 27.4. The van der Waals surface area contributed by atoms with Crippen LogP contribution in [0.2, 0.25) is 0 Å². The molecule has 0 spiro atoms. The fraction of sp³-hybridized carbons (Fsp3) is 0. The largest absolute Gasteiger partial charge is 0.310 e. The molecule has 7 rings (SSSR count). The van der Waals surface area contributed by atoms with Crippen LogP contribution < -0.4 is 4.90 Å². The predicted molar refractivity (Wildman–Crippen MR) is 175 cm³/mol. The van der Waals surface area contributed by atoms with Gasteiger partial charge in [0.15, 0.2) is 0 Å². The minimum atomic E-state index is 1.12. The molecule has 0 fully saturated rings. The second-order valence-electron chi connectivity index (χ2n) is 10.3. The zero-order valence-electron chi connectivity index (χ0n) is 22.7. The summed E-state index contributed by atoms with van der Waals surface area (Å²) in [5.41, 5.74) is 10.7. The van der Waals surface area contributed by atoms with Crippen molar-refractivity contribution in [3.8, 4) is 33.4 Å². The van der Waals surface area contributed by atoms with Crippen LogP contribution in [-0.2, 0) is 0 Å². The zero-order valence-corrected chi connectivity index (χ0v) is 22.7. The molecule has 0 aliphatic carbocycles. The fourth-order valence-electron chi connectivity index (χ4n) is 5.51. The van der Waals surface area contributed by atoms with Gasteiger partial charge in [-0.25, -0.2) is 0 Å². The second kappa shape index (κ2) is 11.0. The Bertz CT molecular complexity index is 1910. The van der Waals surface area contributed by atoms with Gasteiger partial charge in [0, 0.05) is 17.1 Å².